The lowest BCUT2D eigenvalue weighted by Gasteiger charge is -2.38. The number of ether oxygens (including phenoxy) is 1. The van der Waals surface area contributed by atoms with Crippen LogP contribution in [0.5, 0.6) is 5.75 Å². The van der Waals surface area contributed by atoms with Crippen LogP contribution < -0.4 is 10.1 Å². The number of hydrogen-bond donors (Lipinski definition) is 1. The molecule has 2 amide bonds. The van der Waals surface area contributed by atoms with Crippen molar-refractivity contribution >= 4 is 11.8 Å². The Morgan fingerprint density at radius 1 is 1.17 bits per heavy atom. The quantitative estimate of drug-likeness (QED) is 0.517. The summed E-state index contributed by atoms with van der Waals surface area (Å²) >= 11 is 0. The molecular formula is C28H31N3O4. The minimum Gasteiger partial charge on any atom is -0.484 e. The summed E-state index contributed by atoms with van der Waals surface area (Å²) in [5.74, 6) is 1.18. The van der Waals surface area contributed by atoms with E-state index in [-0.39, 0.29) is 36.1 Å². The van der Waals surface area contributed by atoms with Gasteiger partial charge in [-0.3, -0.25) is 9.59 Å². The third-order valence-corrected chi connectivity index (χ3v) is 6.63. The highest BCUT2D eigenvalue weighted by atomic mass is 16.5. The van der Waals surface area contributed by atoms with Gasteiger partial charge in [-0.2, -0.15) is 0 Å². The van der Waals surface area contributed by atoms with Crippen molar-refractivity contribution in [1.82, 2.24) is 15.2 Å². The van der Waals surface area contributed by atoms with Crippen molar-refractivity contribution in [3.05, 3.63) is 82.6 Å². The summed E-state index contributed by atoms with van der Waals surface area (Å²) in [5, 5.41) is 2.78. The first kappa shape index (κ1) is 23.1. The van der Waals surface area contributed by atoms with Crippen LogP contribution in [0.2, 0.25) is 0 Å². The zero-order valence-electron chi connectivity index (χ0n) is 20.3. The molecule has 0 saturated heterocycles. The third-order valence-electron chi connectivity index (χ3n) is 6.63. The molecule has 7 nitrogen and oxygen atoms in total. The molecule has 182 valence electrons. The van der Waals surface area contributed by atoms with Gasteiger partial charge in [0.1, 0.15) is 12.0 Å². The smallest absolute Gasteiger partial charge is 0.273 e. The average Bonchev–Trinajstić information content (AvgIpc) is 3.62. The molecule has 0 bridgehead atoms. The number of nitrogens with zero attached hydrogens (tertiary/aromatic N) is 2. The maximum Gasteiger partial charge on any atom is 0.273 e. The lowest BCUT2D eigenvalue weighted by atomic mass is 9.87. The maximum absolute atomic E-state index is 13.2. The van der Waals surface area contributed by atoms with E-state index in [1.54, 1.807) is 0 Å². The molecule has 1 aliphatic carbocycles. The van der Waals surface area contributed by atoms with Crippen LogP contribution in [0.1, 0.15) is 70.9 Å². The Morgan fingerprint density at radius 3 is 2.71 bits per heavy atom. The van der Waals surface area contributed by atoms with Crippen LogP contribution in [-0.4, -0.2) is 34.8 Å². The Labute approximate surface area is 205 Å². The largest absolute Gasteiger partial charge is 0.484 e. The van der Waals surface area contributed by atoms with Crippen LogP contribution in [0, 0.1) is 12.8 Å². The van der Waals surface area contributed by atoms with Gasteiger partial charge in [-0.05, 0) is 61.4 Å². The Bertz CT molecular complexity index is 1210. The number of oxazole rings is 1. The van der Waals surface area contributed by atoms with E-state index in [0.717, 1.165) is 43.4 Å². The summed E-state index contributed by atoms with van der Waals surface area (Å²) < 4.78 is 11.4. The minimum atomic E-state index is -0.253. The summed E-state index contributed by atoms with van der Waals surface area (Å²) in [6, 6.07) is 14.4. The molecule has 2 aliphatic rings. The van der Waals surface area contributed by atoms with Gasteiger partial charge in [-0.25, -0.2) is 4.98 Å². The molecule has 2 aromatic carbocycles. The summed E-state index contributed by atoms with van der Waals surface area (Å²) in [6.45, 7) is 5.49. The molecule has 1 fully saturated rings. The zero-order chi connectivity index (χ0) is 24.4. The van der Waals surface area contributed by atoms with Gasteiger partial charge < -0.3 is 19.4 Å². The van der Waals surface area contributed by atoms with E-state index in [0.29, 0.717) is 18.2 Å². The fourth-order valence-corrected chi connectivity index (χ4v) is 4.55. The molecule has 7 heteroatoms. The highest BCUT2D eigenvalue weighted by Crippen LogP contribution is 2.41. The van der Waals surface area contributed by atoms with Crippen LogP contribution >= 0.6 is 0 Å². The monoisotopic (exact) mass is 473 g/mol. The molecule has 1 saturated carbocycles. The van der Waals surface area contributed by atoms with Gasteiger partial charge in [0.2, 0.25) is 11.8 Å². The van der Waals surface area contributed by atoms with Crippen LogP contribution in [0.25, 0.3) is 0 Å². The fraction of sp³-hybridized carbons (Fsp3) is 0.393. The number of fused-ring (bicyclic) bond motifs is 1. The lowest BCUT2D eigenvalue weighted by Crippen LogP contribution is -2.41. The number of hydrogen-bond acceptors (Lipinski definition) is 5. The molecule has 5 rings (SSSR count). The summed E-state index contributed by atoms with van der Waals surface area (Å²) in [4.78, 5) is 31.5. The molecule has 0 unspecified atom stereocenters. The first-order valence-corrected chi connectivity index (χ1v) is 12.4. The molecule has 2 heterocycles. The van der Waals surface area contributed by atoms with Crippen molar-refractivity contribution < 1.29 is 18.7 Å². The van der Waals surface area contributed by atoms with Gasteiger partial charge in [0.15, 0.2) is 12.3 Å². The summed E-state index contributed by atoms with van der Waals surface area (Å²) in [5.41, 5.74) is 4.87. The second-order valence-corrected chi connectivity index (χ2v) is 9.40. The Morgan fingerprint density at radius 2 is 1.97 bits per heavy atom. The second-order valence-electron chi connectivity index (χ2n) is 9.40. The highest BCUT2D eigenvalue weighted by Gasteiger charge is 2.39. The summed E-state index contributed by atoms with van der Waals surface area (Å²) in [7, 11) is 0. The summed E-state index contributed by atoms with van der Waals surface area (Å²) in [6.07, 6.45) is 5.00. The number of aromatic nitrogens is 1. The Kier molecular flexibility index (Phi) is 6.57. The van der Waals surface area contributed by atoms with E-state index < -0.39 is 0 Å². The number of rotatable bonds is 8. The second kappa shape index (κ2) is 9.94. The maximum atomic E-state index is 13.2. The SMILES string of the molecule is CCCNC(=O)c1coc(COc2ccc3c(c2)[C@@H](c2ccc(C)cc2)N(C(=O)C2CC2)CC3)n1. The molecule has 3 aromatic rings. The van der Waals surface area contributed by atoms with E-state index >= 15 is 0 Å². The van der Waals surface area contributed by atoms with Crippen LogP contribution in [0.3, 0.4) is 0 Å². The van der Waals surface area contributed by atoms with Crippen molar-refractivity contribution in [1.29, 1.82) is 0 Å². The van der Waals surface area contributed by atoms with Crippen molar-refractivity contribution in [3.8, 4) is 5.75 Å². The van der Waals surface area contributed by atoms with Crippen LogP contribution in [-0.2, 0) is 17.8 Å². The molecule has 35 heavy (non-hydrogen) atoms. The van der Waals surface area contributed by atoms with E-state index in [1.807, 2.05) is 24.0 Å². The number of benzene rings is 2. The number of amides is 2. The number of carbonyl (C=O) groups excluding carboxylic acids is 2. The van der Waals surface area contributed by atoms with E-state index in [2.05, 4.69) is 47.6 Å². The molecule has 1 atom stereocenters. The van der Waals surface area contributed by atoms with E-state index in [9.17, 15) is 9.59 Å². The molecule has 1 N–H and O–H groups in total. The molecule has 0 radical (unpaired) electrons. The molecule has 0 spiro atoms. The third kappa shape index (κ3) is 5.09. The number of aryl methyl sites for hydroxylation is 1. The van der Waals surface area contributed by atoms with E-state index in [4.69, 9.17) is 9.15 Å². The molecule has 1 aromatic heterocycles. The van der Waals surface area contributed by atoms with Crippen molar-refractivity contribution in [2.75, 3.05) is 13.1 Å². The zero-order valence-corrected chi connectivity index (χ0v) is 20.3. The Hall–Kier alpha value is -3.61. The van der Waals surface area contributed by atoms with Gasteiger partial charge in [0, 0.05) is 19.0 Å². The first-order chi connectivity index (χ1) is 17.0. The predicted molar refractivity (Wildman–Crippen MR) is 131 cm³/mol. The average molecular weight is 474 g/mol. The van der Waals surface area contributed by atoms with Crippen molar-refractivity contribution in [2.24, 2.45) is 5.92 Å². The van der Waals surface area contributed by atoms with Crippen LogP contribution in [0.4, 0.5) is 0 Å². The lowest BCUT2D eigenvalue weighted by molar-refractivity contribution is -0.134. The topological polar surface area (TPSA) is 84.7 Å². The highest BCUT2D eigenvalue weighted by molar-refractivity contribution is 5.91. The van der Waals surface area contributed by atoms with Gasteiger partial charge in [0.25, 0.3) is 5.91 Å². The van der Waals surface area contributed by atoms with E-state index in [1.165, 1.54) is 17.4 Å². The van der Waals surface area contributed by atoms with Gasteiger partial charge in [0.05, 0.1) is 6.04 Å². The fourth-order valence-electron chi connectivity index (χ4n) is 4.55. The number of nitrogens with one attached hydrogen (secondary N) is 1. The van der Waals surface area contributed by atoms with Gasteiger partial charge >= 0.3 is 0 Å². The van der Waals surface area contributed by atoms with Gasteiger partial charge in [-0.1, -0.05) is 42.8 Å². The number of carbonyl (C=O) groups is 2. The standard InChI is InChI=1S/C28H31N3O4/c1-3-13-29-27(32)24-16-35-25(30-24)17-34-22-11-10-19-12-14-31(28(33)21-8-9-21)26(23(19)15-22)20-6-4-18(2)5-7-20/h4-7,10-11,15-16,21,26H,3,8-9,12-14,17H2,1-2H3,(H,29,32)/t26-/m1/s1. The molecule has 1 aliphatic heterocycles. The Balaban J connectivity index is 1.37. The van der Waals surface area contributed by atoms with Crippen molar-refractivity contribution in [3.63, 3.8) is 0 Å². The minimum absolute atomic E-state index is 0.111. The normalized spacial score (nSPS) is 17.1. The van der Waals surface area contributed by atoms with Crippen LogP contribution in [0.15, 0.2) is 53.1 Å². The van der Waals surface area contributed by atoms with Gasteiger partial charge in [-0.15, -0.1) is 0 Å². The van der Waals surface area contributed by atoms with Crippen molar-refractivity contribution in [2.45, 2.75) is 52.2 Å². The predicted octanol–water partition coefficient (Wildman–Crippen LogP) is 4.59. The first-order valence-electron chi connectivity index (χ1n) is 12.4. The molecular weight excluding hydrogens is 442 g/mol.